The lowest BCUT2D eigenvalue weighted by atomic mass is 10.1. The third-order valence-electron chi connectivity index (χ3n) is 4.04. The molecule has 1 aromatic carbocycles. The molecule has 1 atom stereocenters. The monoisotopic (exact) mass is 334 g/mol. The predicted octanol–water partition coefficient (Wildman–Crippen LogP) is 2.91. The first-order valence-electron chi connectivity index (χ1n) is 8.18. The summed E-state index contributed by atoms with van der Waals surface area (Å²) in [5, 5.41) is 7.11. The van der Waals surface area contributed by atoms with Crippen LogP contribution in [0.3, 0.4) is 0 Å². The number of rotatable bonds is 8. The van der Waals surface area contributed by atoms with Crippen molar-refractivity contribution in [1.82, 2.24) is 15.5 Å². The van der Waals surface area contributed by atoms with Crippen molar-refractivity contribution >= 4 is 5.95 Å². The fraction of sp³-hybridized carbons (Fsp3) is 0.529. The summed E-state index contributed by atoms with van der Waals surface area (Å²) in [6.45, 7) is 2.99. The Morgan fingerprint density at radius 2 is 2.21 bits per heavy atom. The average Bonchev–Trinajstić information content (AvgIpc) is 3.26. The van der Waals surface area contributed by atoms with Crippen LogP contribution in [-0.2, 0) is 6.54 Å². The largest absolute Gasteiger partial charge is 0.490 e. The number of benzene rings is 1. The maximum absolute atomic E-state index is 14.1. The van der Waals surface area contributed by atoms with Gasteiger partial charge in [0.1, 0.15) is 0 Å². The first-order chi connectivity index (χ1) is 11.5. The molecule has 0 saturated heterocycles. The van der Waals surface area contributed by atoms with E-state index in [9.17, 15) is 4.39 Å². The molecule has 3 rings (SSSR count). The third kappa shape index (κ3) is 4.23. The fourth-order valence-corrected chi connectivity index (χ4v) is 2.25. The molecule has 0 spiro atoms. The number of ether oxygens (including phenoxy) is 1. The van der Waals surface area contributed by atoms with Crippen molar-refractivity contribution in [2.45, 2.75) is 32.4 Å². The van der Waals surface area contributed by atoms with Gasteiger partial charge in [0.15, 0.2) is 11.6 Å². The first kappa shape index (κ1) is 16.7. The summed E-state index contributed by atoms with van der Waals surface area (Å²) in [5.74, 6) is 1.63. The van der Waals surface area contributed by atoms with Crippen molar-refractivity contribution in [2.24, 2.45) is 5.92 Å². The van der Waals surface area contributed by atoms with Gasteiger partial charge in [-0.1, -0.05) is 6.07 Å². The molecule has 130 valence electrons. The van der Waals surface area contributed by atoms with E-state index in [0.717, 1.165) is 5.56 Å². The maximum Gasteiger partial charge on any atom is 0.265 e. The second kappa shape index (κ2) is 7.17. The maximum atomic E-state index is 14.1. The zero-order valence-corrected chi connectivity index (χ0v) is 14.3. The normalized spacial score (nSPS) is 15.3. The van der Waals surface area contributed by atoms with E-state index in [1.807, 2.05) is 27.1 Å². The van der Waals surface area contributed by atoms with Gasteiger partial charge >= 0.3 is 0 Å². The molecule has 6 nitrogen and oxygen atoms in total. The Hall–Kier alpha value is -2.15. The molecule has 0 radical (unpaired) electrons. The van der Waals surface area contributed by atoms with Gasteiger partial charge in [-0.2, -0.15) is 4.98 Å². The number of anilines is 1. The fourth-order valence-electron chi connectivity index (χ4n) is 2.25. The molecule has 0 aliphatic heterocycles. The van der Waals surface area contributed by atoms with E-state index in [2.05, 4.69) is 15.5 Å². The lowest BCUT2D eigenvalue weighted by Gasteiger charge is -2.14. The van der Waals surface area contributed by atoms with Gasteiger partial charge in [-0.3, -0.25) is 0 Å². The van der Waals surface area contributed by atoms with E-state index in [1.165, 1.54) is 18.9 Å². The van der Waals surface area contributed by atoms with Crippen LogP contribution < -0.4 is 15.0 Å². The highest BCUT2D eigenvalue weighted by molar-refractivity contribution is 5.31. The summed E-state index contributed by atoms with van der Waals surface area (Å²) in [6, 6.07) is 5.04. The third-order valence-corrected chi connectivity index (χ3v) is 4.04. The molecular formula is C17H23FN4O2. The summed E-state index contributed by atoms with van der Waals surface area (Å²) in [6.07, 6.45) is 2.37. The van der Waals surface area contributed by atoms with Crippen LogP contribution in [0.15, 0.2) is 22.7 Å². The Labute approximate surface area is 141 Å². The molecule has 1 aromatic heterocycles. The summed E-state index contributed by atoms with van der Waals surface area (Å²) in [5.41, 5.74) is 0.846. The van der Waals surface area contributed by atoms with Gasteiger partial charge in [-0.15, -0.1) is 0 Å². The van der Waals surface area contributed by atoms with Crippen LogP contribution in [0, 0.1) is 11.7 Å². The summed E-state index contributed by atoms with van der Waals surface area (Å²) in [4.78, 5) is 6.02. The number of halogens is 1. The Morgan fingerprint density at radius 1 is 1.42 bits per heavy atom. The van der Waals surface area contributed by atoms with E-state index in [0.29, 0.717) is 36.7 Å². The number of aromatic nitrogens is 2. The lowest BCUT2D eigenvalue weighted by Crippen LogP contribution is -2.18. The minimum absolute atomic E-state index is 0.0494. The molecule has 1 N–H and O–H groups in total. The zero-order valence-electron chi connectivity index (χ0n) is 14.3. The molecule has 1 heterocycles. The average molecular weight is 334 g/mol. The molecule has 0 amide bonds. The second-order valence-electron chi connectivity index (χ2n) is 6.43. The van der Waals surface area contributed by atoms with E-state index < -0.39 is 0 Å². The molecule has 24 heavy (non-hydrogen) atoms. The standard InChI is InChI=1S/C17H23FN4O2/c1-11(19-9-16-20-17(21-24-16)22(2)3)13-6-7-15(14(18)8-13)23-10-12-4-5-12/h6-8,11-12,19H,4-5,9-10H2,1-3H3. The van der Waals surface area contributed by atoms with Crippen LogP contribution >= 0.6 is 0 Å². The van der Waals surface area contributed by atoms with Crippen molar-refractivity contribution in [3.05, 3.63) is 35.5 Å². The number of nitrogens with one attached hydrogen (secondary N) is 1. The highest BCUT2D eigenvalue weighted by Crippen LogP contribution is 2.30. The van der Waals surface area contributed by atoms with Gasteiger partial charge in [0, 0.05) is 20.1 Å². The van der Waals surface area contributed by atoms with Crippen LogP contribution in [0.5, 0.6) is 5.75 Å². The van der Waals surface area contributed by atoms with E-state index in [-0.39, 0.29) is 11.9 Å². The van der Waals surface area contributed by atoms with E-state index in [4.69, 9.17) is 9.26 Å². The van der Waals surface area contributed by atoms with Crippen molar-refractivity contribution in [2.75, 3.05) is 25.6 Å². The number of nitrogens with zero attached hydrogens (tertiary/aromatic N) is 3. The van der Waals surface area contributed by atoms with Crippen molar-refractivity contribution < 1.29 is 13.7 Å². The van der Waals surface area contributed by atoms with E-state index in [1.54, 1.807) is 11.0 Å². The van der Waals surface area contributed by atoms with Crippen LogP contribution in [0.2, 0.25) is 0 Å². The molecule has 2 aromatic rings. The molecule has 7 heteroatoms. The number of hydrogen-bond acceptors (Lipinski definition) is 6. The Morgan fingerprint density at radius 3 is 2.83 bits per heavy atom. The molecule has 1 aliphatic carbocycles. The molecular weight excluding hydrogens is 311 g/mol. The van der Waals surface area contributed by atoms with E-state index >= 15 is 0 Å². The minimum atomic E-state index is -0.325. The molecule has 0 bridgehead atoms. The van der Waals surface area contributed by atoms with Crippen molar-refractivity contribution in [3.8, 4) is 5.75 Å². The van der Waals surface area contributed by atoms with Crippen LogP contribution in [0.1, 0.15) is 37.3 Å². The molecule has 1 fully saturated rings. The SMILES string of the molecule is CC(NCc1nc(N(C)C)no1)c1ccc(OCC2CC2)c(F)c1. The Balaban J connectivity index is 1.55. The van der Waals surface area contributed by atoms with Crippen LogP contribution in [0.25, 0.3) is 0 Å². The van der Waals surface area contributed by atoms with Gasteiger partial charge < -0.3 is 19.5 Å². The zero-order chi connectivity index (χ0) is 17.1. The first-order valence-corrected chi connectivity index (χ1v) is 8.18. The molecule has 1 saturated carbocycles. The molecule has 1 aliphatic rings. The lowest BCUT2D eigenvalue weighted by molar-refractivity contribution is 0.285. The Bertz CT molecular complexity index is 685. The van der Waals surface area contributed by atoms with Crippen LogP contribution in [0.4, 0.5) is 10.3 Å². The van der Waals surface area contributed by atoms with Crippen molar-refractivity contribution in [3.63, 3.8) is 0 Å². The van der Waals surface area contributed by atoms with Crippen molar-refractivity contribution in [1.29, 1.82) is 0 Å². The van der Waals surface area contributed by atoms with Gasteiger partial charge in [-0.05, 0) is 48.5 Å². The van der Waals surface area contributed by atoms with Gasteiger partial charge in [0.05, 0.1) is 13.2 Å². The topological polar surface area (TPSA) is 63.4 Å². The highest BCUT2D eigenvalue weighted by Gasteiger charge is 2.22. The minimum Gasteiger partial charge on any atom is -0.490 e. The highest BCUT2D eigenvalue weighted by atomic mass is 19.1. The Kier molecular flexibility index (Phi) is 4.99. The van der Waals surface area contributed by atoms with Crippen LogP contribution in [-0.4, -0.2) is 30.8 Å². The van der Waals surface area contributed by atoms with Gasteiger partial charge in [0.25, 0.3) is 5.95 Å². The smallest absolute Gasteiger partial charge is 0.265 e. The summed E-state index contributed by atoms with van der Waals surface area (Å²) < 4.78 is 24.8. The summed E-state index contributed by atoms with van der Waals surface area (Å²) >= 11 is 0. The van der Waals surface area contributed by atoms with Gasteiger partial charge in [0.2, 0.25) is 5.89 Å². The predicted molar refractivity (Wildman–Crippen MR) is 88.5 cm³/mol. The second-order valence-corrected chi connectivity index (χ2v) is 6.43. The quantitative estimate of drug-likeness (QED) is 0.801. The number of hydrogen-bond donors (Lipinski definition) is 1. The molecule has 1 unspecified atom stereocenters. The summed E-state index contributed by atoms with van der Waals surface area (Å²) in [7, 11) is 3.70. The van der Waals surface area contributed by atoms with Gasteiger partial charge in [-0.25, -0.2) is 4.39 Å².